The van der Waals surface area contributed by atoms with Crippen molar-refractivity contribution in [3.8, 4) is 11.5 Å². The Morgan fingerprint density at radius 1 is 1.00 bits per heavy atom. The van der Waals surface area contributed by atoms with Gasteiger partial charge in [-0.1, -0.05) is 41.9 Å². The van der Waals surface area contributed by atoms with Gasteiger partial charge in [0.2, 0.25) is 0 Å². The minimum Gasteiger partial charge on any atom is -0.489 e. The number of ketones is 1. The van der Waals surface area contributed by atoms with Gasteiger partial charge in [-0.2, -0.15) is 0 Å². The Bertz CT molecular complexity index is 952. The van der Waals surface area contributed by atoms with E-state index >= 15 is 0 Å². The first-order valence-corrected chi connectivity index (χ1v) is 8.93. The second-order valence-electron chi connectivity index (χ2n) is 6.17. The second kappa shape index (κ2) is 7.82. The lowest BCUT2D eigenvalue weighted by Gasteiger charge is -2.21. The highest BCUT2D eigenvalue weighted by Gasteiger charge is 2.17. The number of halogens is 1. The number of benzene rings is 3. The van der Waals surface area contributed by atoms with Crippen molar-refractivity contribution in [3.05, 3.63) is 94.0 Å². The fraction of sp³-hybridized carbons (Fsp3) is 0.136. The van der Waals surface area contributed by atoms with Gasteiger partial charge in [0, 0.05) is 27.3 Å². The van der Waals surface area contributed by atoms with Crippen molar-refractivity contribution in [3.63, 3.8) is 0 Å². The molecule has 0 amide bonds. The summed E-state index contributed by atoms with van der Waals surface area (Å²) in [5, 5.41) is 0.616. The maximum atomic E-state index is 12.5. The van der Waals surface area contributed by atoms with E-state index in [-0.39, 0.29) is 12.6 Å². The molecule has 0 atom stereocenters. The zero-order chi connectivity index (χ0) is 18.6. The summed E-state index contributed by atoms with van der Waals surface area (Å²) in [5.41, 5.74) is 3.06. The van der Waals surface area contributed by atoms with Crippen LogP contribution >= 0.6 is 11.6 Å². The number of carbonyl (C=O) groups is 1. The number of hydrogen-bond acceptors (Lipinski definition) is 4. The molecular weight excluding hydrogens is 364 g/mol. The summed E-state index contributed by atoms with van der Waals surface area (Å²) in [6, 6.07) is 20.0. The fourth-order valence-corrected chi connectivity index (χ4v) is 3.25. The van der Waals surface area contributed by atoms with Crippen molar-refractivity contribution < 1.29 is 19.0 Å². The minimum atomic E-state index is -0.0144. The molecule has 1 heterocycles. The van der Waals surface area contributed by atoms with Crippen LogP contribution in [0.4, 0.5) is 0 Å². The van der Waals surface area contributed by atoms with Gasteiger partial charge in [-0.05, 0) is 36.4 Å². The van der Waals surface area contributed by atoms with Crippen molar-refractivity contribution in [2.45, 2.75) is 13.2 Å². The quantitative estimate of drug-likeness (QED) is 0.583. The summed E-state index contributed by atoms with van der Waals surface area (Å²) >= 11 is 6.17. The van der Waals surface area contributed by atoms with E-state index in [4.69, 9.17) is 25.8 Å². The van der Waals surface area contributed by atoms with E-state index in [1.165, 1.54) is 0 Å². The SMILES string of the molecule is O=C(c1ccccc1)c1ccc(OCc2cc(Cl)cc3c2OCOC3)cc1. The fourth-order valence-electron chi connectivity index (χ4n) is 2.98. The van der Waals surface area contributed by atoms with Crippen LogP contribution in [0.15, 0.2) is 66.7 Å². The molecule has 0 spiro atoms. The van der Waals surface area contributed by atoms with E-state index in [9.17, 15) is 4.79 Å². The maximum Gasteiger partial charge on any atom is 0.193 e. The van der Waals surface area contributed by atoms with Crippen LogP contribution in [0, 0.1) is 0 Å². The Hall–Kier alpha value is -2.82. The molecule has 1 aliphatic heterocycles. The van der Waals surface area contributed by atoms with E-state index < -0.39 is 0 Å². The topological polar surface area (TPSA) is 44.8 Å². The Kier molecular flexibility index (Phi) is 5.10. The Balaban J connectivity index is 1.47. The molecule has 5 heteroatoms. The smallest absolute Gasteiger partial charge is 0.193 e. The first kappa shape index (κ1) is 17.6. The highest BCUT2D eigenvalue weighted by Crippen LogP contribution is 2.32. The van der Waals surface area contributed by atoms with Crippen molar-refractivity contribution in [2.24, 2.45) is 0 Å². The first-order chi connectivity index (χ1) is 13.2. The molecular formula is C22H17ClO4. The van der Waals surface area contributed by atoms with Crippen molar-refractivity contribution in [1.82, 2.24) is 0 Å². The minimum absolute atomic E-state index is 0.0144. The zero-order valence-corrected chi connectivity index (χ0v) is 15.2. The molecule has 4 nitrogen and oxygen atoms in total. The molecule has 1 aliphatic rings. The lowest BCUT2D eigenvalue weighted by molar-refractivity contribution is -0.0175. The van der Waals surface area contributed by atoms with Gasteiger partial charge in [-0.15, -0.1) is 0 Å². The Morgan fingerprint density at radius 3 is 2.52 bits per heavy atom. The van der Waals surface area contributed by atoms with E-state index in [2.05, 4.69) is 0 Å². The van der Waals surface area contributed by atoms with E-state index in [0.717, 1.165) is 16.9 Å². The summed E-state index contributed by atoms with van der Waals surface area (Å²) in [7, 11) is 0. The van der Waals surface area contributed by atoms with E-state index in [1.807, 2.05) is 30.3 Å². The zero-order valence-electron chi connectivity index (χ0n) is 14.5. The van der Waals surface area contributed by atoms with Crippen LogP contribution in [0.2, 0.25) is 5.02 Å². The Labute approximate surface area is 162 Å². The summed E-state index contributed by atoms with van der Waals surface area (Å²) < 4.78 is 16.7. The standard InChI is InChI=1S/C22H17ClO4/c23-19-10-17-12-25-14-27-22(17)18(11-19)13-26-20-8-6-16(7-9-20)21(24)15-4-2-1-3-5-15/h1-11H,12-14H2. The first-order valence-electron chi connectivity index (χ1n) is 8.55. The highest BCUT2D eigenvalue weighted by molar-refractivity contribution is 6.30. The van der Waals surface area contributed by atoms with E-state index in [0.29, 0.717) is 35.1 Å². The van der Waals surface area contributed by atoms with Crippen LogP contribution in [0.1, 0.15) is 27.0 Å². The van der Waals surface area contributed by atoms with Crippen LogP contribution in [0.3, 0.4) is 0 Å². The monoisotopic (exact) mass is 380 g/mol. The Morgan fingerprint density at radius 2 is 1.74 bits per heavy atom. The van der Waals surface area contributed by atoms with Gasteiger partial charge in [-0.25, -0.2) is 0 Å². The van der Waals surface area contributed by atoms with Gasteiger partial charge in [0.05, 0.1) is 6.61 Å². The van der Waals surface area contributed by atoms with Gasteiger partial charge in [-0.3, -0.25) is 4.79 Å². The third-order valence-electron chi connectivity index (χ3n) is 4.30. The second-order valence-corrected chi connectivity index (χ2v) is 6.61. The molecule has 0 N–H and O–H groups in total. The third-order valence-corrected chi connectivity index (χ3v) is 4.52. The van der Waals surface area contributed by atoms with Crippen LogP contribution in [-0.4, -0.2) is 12.6 Å². The highest BCUT2D eigenvalue weighted by atomic mass is 35.5. The van der Waals surface area contributed by atoms with Gasteiger partial charge in [0.1, 0.15) is 18.1 Å². The number of rotatable bonds is 5. The molecule has 0 saturated heterocycles. The molecule has 0 aromatic heterocycles. The molecule has 0 aliphatic carbocycles. The van der Waals surface area contributed by atoms with Crippen molar-refractivity contribution in [1.29, 1.82) is 0 Å². The van der Waals surface area contributed by atoms with Gasteiger partial charge < -0.3 is 14.2 Å². The summed E-state index contributed by atoms with van der Waals surface area (Å²) in [6.45, 7) is 1.01. The van der Waals surface area contributed by atoms with Gasteiger partial charge in [0.25, 0.3) is 0 Å². The lowest BCUT2D eigenvalue weighted by atomic mass is 10.0. The van der Waals surface area contributed by atoms with Crippen LogP contribution in [-0.2, 0) is 18.0 Å². The maximum absolute atomic E-state index is 12.5. The van der Waals surface area contributed by atoms with Gasteiger partial charge >= 0.3 is 0 Å². The number of carbonyl (C=O) groups excluding carboxylic acids is 1. The molecule has 0 saturated carbocycles. The van der Waals surface area contributed by atoms with Crippen molar-refractivity contribution in [2.75, 3.05) is 6.79 Å². The molecule has 3 aromatic carbocycles. The average molecular weight is 381 g/mol. The average Bonchev–Trinajstić information content (AvgIpc) is 2.72. The van der Waals surface area contributed by atoms with E-state index in [1.54, 1.807) is 36.4 Å². The van der Waals surface area contributed by atoms with Crippen LogP contribution < -0.4 is 9.47 Å². The normalized spacial score (nSPS) is 12.8. The molecule has 0 unspecified atom stereocenters. The molecule has 0 bridgehead atoms. The summed E-state index contributed by atoms with van der Waals surface area (Å²) in [6.07, 6.45) is 0. The van der Waals surface area contributed by atoms with Gasteiger partial charge in [0.15, 0.2) is 12.6 Å². The molecule has 0 radical (unpaired) electrons. The predicted molar refractivity (Wildman–Crippen MR) is 102 cm³/mol. The molecule has 3 aromatic rings. The number of fused-ring (bicyclic) bond motifs is 1. The number of ether oxygens (including phenoxy) is 3. The summed E-state index contributed by atoms with van der Waals surface area (Å²) in [4.78, 5) is 12.5. The summed E-state index contributed by atoms with van der Waals surface area (Å²) in [5.74, 6) is 1.42. The molecule has 27 heavy (non-hydrogen) atoms. The molecule has 136 valence electrons. The lowest BCUT2D eigenvalue weighted by Crippen LogP contribution is -2.14. The molecule has 4 rings (SSSR count). The van der Waals surface area contributed by atoms with Crippen LogP contribution in [0.5, 0.6) is 11.5 Å². The predicted octanol–water partition coefficient (Wildman–Crippen LogP) is 5.02. The third kappa shape index (κ3) is 3.97. The molecule has 0 fully saturated rings. The van der Waals surface area contributed by atoms with Crippen LogP contribution in [0.25, 0.3) is 0 Å². The number of hydrogen-bond donors (Lipinski definition) is 0. The largest absolute Gasteiger partial charge is 0.489 e. The van der Waals surface area contributed by atoms with Crippen molar-refractivity contribution >= 4 is 17.4 Å².